The largest absolute Gasteiger partial charge is 0.494 e. The van der Waals surface area contributed by atoms with E-state index in [-0.39, 0.29) is 0 Å². The number of hydrogen-bond acceptors (Lipinski definition) is 2. The Balaban J connectivity index is 2.53. The summed E-state index contributed by atoms with van der Waals surface area (Å²) < 4.78 is 5.46. The van der Waals surface area contributed by atoms with E-state index in [0.717, 1.165) is 24.3 Å². The quantitative estimate of drug-likeness (QED) is 0.744. The summed E-state index contributed by atoms with van der Waals surface area (Å²) in [4.78, 5) is 0. The zero-order valence-corrected chi connectivity index (χ0v) is 9.65. The lowest BCUT2D eigenvalue weighted by atomic mass is 10.1. The van der Waals surface area contributed by atoms with Crippen molar-refractivity contribution in [3.63, 3.8) is 0 Å². The van der Waals surface area contributed by atoms with E-state index < -0.39 is 6.10 Å². The highest BCUT2D eigenvalue weighted by Gasteiger charge is 2.06. The molecule has 0 heterocycles. The Bertz CT molecular complexity index is 335. The van der Waals surface area contributed by atoms with Gasteiger partial charge in [0.2, 0.25) is 0 Å². The SMILES string of the molecule is C#CCCC(O)c1ccc(OCCC)cc1. The summed E-state index contributed by atoms with van der Waals surface area (Å²) in [5.41, 5.74) is 0.888. The van der Waals surface area contributed by atoms with Gasteiger partial charge in [0.15, 0.2) is 0 Å². The lowest BCUT2D eigenvalue weighted by Crippen LogP contribution is -1.98. The maximum absolute atomic E-state index is 9.78. The lowest BCUT2D eigenvalue weighted by Gasteiger charge is -2.10. The molecule has 0 amide bonds. The van der Waals surface area contributed by atoms with Crippen LogP contribution in [0.2, 0.25) is 0 Å². The molecule has 2 nitrogen and oxygen atoms in total. The van der Waals surface area contributed by atoms with Crippen molar-refractivity contribution in [2.24, 2.45) is 0 Å². The molecule has 0 saturated carbocycles. The van der Waals surface area contributed by atoms with Gasteiger partial charge in [-0.15, -0.1) is 12.3 Å². The van der Waals surface area contributed by atoms with Gasteiger partial charge < -0.3 is 9.84 Å². The Hall–Kier alpha value is -1.46. The fraction of sp³-hybridized carbons (Fsp3) is 0.429. The van der Waals surface area contributed by atoms with Crippen LogP contribution in [-0.2, 0) is 0 Å². The van der Waals surface area contributed by atoms with Gasteiger partial charge in [0.1, 0.15) is 5.75 Å². The number of aliphatic hydroxyl groups is 1. The Labute approximate surface area is 97.3 Å². The highest BCUT2D eigenvalue weighted by molar-refractivity contribution is 5.28. The van der Waals surface area contributed by atoms with Gasteiger partial charge in [0.25, 0.3) is 0 Å². The molecule has 1 atom stereocenters. The zero-order chi connectivity index (χ0) is 11.8. The number of ether oxygens (including phenoxy) is 1. The van der Waals surface area contributed by atoms with Gasteiger partial charge in [-0.05, 0) is 30.5 Å². The van der Waals surface area contributed by atoms with E-state index >= 15 is 0 Å². The second kappa shape index (κ2) is 6.92. The van der Waals surface area contributed by atoms with Crippen molar-refractivity contribution < 1.29 is 9.84 Å². The maximum Gasteiger partial charge on any atom is 0.119 e. The van der Waals surface area contributed by atoms with E-state index in [4.69, 9.17) is 11.2 Å². The standard InChI is InChI=1S/C14H18O2/c1-3-5-6-14(15)12-7-9-13(10-8-12)16-11-4-2/h1,7-10,14-15H,4-6,11H2,2H3. The Morgan fingerprint density at radius 2 is 2.06 bits per heavy atom. The van der Waals surface area contributed by atoms with Gasteiger partial charge in [0.05, 0.1) is 12.7 Å². The highest BCUT2D eigenvalue weighted by Crippen LogP contribution is 2.21. The predicted octanol–water partition coefficient (Wildman–Crippen LogP) is 2.92. The van der Waals surface area contributed by atoms with Crippen LogP contribution in [0.1, 0.15) is 37.9 Å². The summed E-state index contributed by atoms with van der Waals surface area (Å²) in [5.74, 6) is 3.37. The van der Waals surface area contributed by atoms with Crippen molar-refractivity contribution in [1.82, 2.24) is 0 Å². The molecule has 1 N–H and O–H groups in total. The minimum Gasteiger partial charge on any atom is -0.494 e. The fourth-order valence-corrected chi connectivity index (χ4v) is 1.39. The number of aliphatic hydroxyl groups excluding tert-OH is 1. The van der Waals surface area contributed by atoms with Gasteiger partial charge in [0, 0.05) is 6.42 Å². The first-order chi connectivity index (χ1) is 7.77. The minimum atomic E-state index is -0.476. The maximum atomic E-state index is 9.78. The van der Waals surface area contributed by atoms with Crippen LogP contribution in [-0.4, -0.2) is 11.7 Å². The first-order valence-corrected chi connectivity index (χ1v) is 5.62. The predicted molar refractivity (Wildman–Crippen MR) is 65.3 cm³/mol. The summed E-state index contributed by atoms with van der Waals surface area (Å²) in [6.45, 7) is 2.79. The van der Waals surface area contributed by atoms with E-state index in [2.05, 4.69) is 12.8 Å². The zero-order valence-electron chi connectivity index (χ0n) is 9.65. The molecular formula is C14H18O2. The number of benzene rings is 1. The van der Waals surface area contributed by atoms with Gasteiger partial charge in [-0.25, -0.2) is 0 Å². The van der Waals surface area contributed by atoms with Crippen LogP contribution in [0.15, 0.2) is 24.3 Å². The first-order valence-electron chi connectivity index (χ1n) is 5.62. The third-order valence-corrected chi connectivity index (χ3v) is 2.30. The second-order valence-corrected chi connectivity index (χ2v) is 3.68. The van der Waals surface area contributed by atoms with Crippen LogP contribution in [0.5, 0.6) is 5.75 Å². The highest BCUT2D eigenvalue weighted by atomic mass is 16.5. The number of terminal acetylenes is 1. The first kappa shape index (κ1) is 12.6. The Morgan fingerprint density at radius 1 is 1.38 bits per heavy atom. The molecule has 1 rings (SSSR count). The minimum absolute atomic E-state index is 0.476. The average molecular weight is 218 g/mol. The van der Waals surface area contributed by atoms with Crippen LogP contribution < -0.4 is 4.74 Å². The van der Waals surface area contributed by atoms with Gasteiger partial charge >= 0.3 is 0 Å². The van der Waals surface area contributed by atoms with Crippen molar-refractivity contribution in [3.05, 3.63) is 29.8 Å². The molecule has 16 heavy (non-hydrogen) atoms. The van der Waals surface area contributed by atoms with Crippen molar-refractivity contribution in [2.75, 3.05) is 6.61 Å². The van der Waals surface area contributed by atoms with Crippen molar-refractivity contribution in [2.45, 2.75) is 32.3 Å². The Morgan fingerprint density at radius 3 is 2.62 bits per heavy atom. The summed E-state index contributed by atoms with van der Waals surface area (Å²) in [7, 11) is 0. The summed E-state index contributed by atoms with van der Waals surface area (Å²) in [6.07, 6.45) is 6.87. The van der Waals surface area contributed by atoms with Gasteiger partial charge in [-0.1, -0.05) is 19.1 Å². The molecule has 0 aliphatic heterocycles. The molecule has 0 fully saturated rings. The molecule has 0 radical (unpaired) electrons. The topological polar surface area (TPSA) is 29.5 Å². The van der Waals surface area contributed by atoms with E-state index in [1.54, 1.807) is 0 Å². The molecule has 86 valence electrons. The molecule has 1 aromatic carbocycles. The van der Waals surface area contributed by atoms with Gasteiger partial charge in [-0.2, -0.15) is 0 Å². The van der Waals surface area contributed by atoms with Gasteiger partial charge in [-0.3, -0.25) is 0 Å². The van der Waals surface area contributed by atoms with E-state index in [1.165, 1.54) is 0 Å². The molecule has 0 aromatic heterocycles. The summed E-state index contributed by atoms with van der Waals surface area (Å²) in [6, 6.07) is 7.52. The molecule has 1 unspecified atom stereocenters. The van der Waals surface area contributed by atoms with Crippen molar-refractivity contribution in [1.29, 1.82) is 0 Å². The fourth-order valence-electron chi connectivity index (χ4n) is 1.39. The van der Waals surface area contributed by atoms with E-state index in [9.17, 15) is 5.11 Å². The lowest BCUT2D eigenvalue weighted by molar-refractivity contribution is 0.169. The van der Waals surface area contributed by atoms with E-state index in [0.29, 0.717) is 12.8 Å². The summed E-state index contributed by atoms with van der Waals surface area (Å²) in [5, 5.41) is 9.78. The number of rotatable bonds is 6. The average Bonchev–Trinajstić information content (AvgIpc) is 2.34. The smallest absolute Gasteiger partial charge is 0.119 e. The van der Waals surface area contributed by atoms with E-state index in [1.807, 2.05) is 24.3 Å². The number of hydrogen-bond donors (Lipinski definition) is 1. The third-order valence-electron chi connectivity index (χ3n) is 2.30. The molecular weight excluding hydrogens is 200 g/mol. The normalized spacial score (nSPS) is 11.8. The molecule has 1 aromatic rings. The van der Waals surface area contributed by atoms with Crippen LogP contribution in [0.3, 0.4) is 0 Å². The van der Waals surface area contributed by atoms with Crippen molar-refractivity contribution >= 4 is 0 Å². The molecule has 0 aliphatic carbocycles. The molecule has 0 spiro atoms. The summed E-state index contributed by atoms with van der Waals surface area (Å²) >= 11 is 0. The van der Waals surface area contributed by atoms with Crippen LogP contribution in [0.4, 0.5) is 0 Å². The van der Waals surface area contributed by atoms with Crippen LogP contribution >= 0.6 is 0 Å². The van der Waals surface area contributed by atoms with Crippen LogP contribution in [0.25, 0.3) is 0 Å². The molecule has 0 aliphatic rings. The monoisotopic (exact) mass is 218 g/mol. The molecule has 2 heteroatoms. The molecule has 0 saturated heterocycles. The Kier molecular flexibility index (Phi) is 5.45. The third kappa shape index (κ3) is 3.96. The second-order valence-electron chi connectivity index (χ2n) is 3.68. The van der Waals surface area contributed by atoms with Crippen molar-refractivity contribution in [3.8, 4) is 18.1 Å². The van der Waals surface area contributed by atoms with Crippen LogP contribution in [0, 0.1) is 12.3 Å². The molecule has 0 bridgehead atoms.